The lowest BCUT2D eigenvalue weighted by atomic mass is 10.2. The molecule has 0 aliphatic heterocycles. The van der Waals surface area contributed by atoms with E-state index in [1.54, 1.807) is 30.3 Å². The minimum Gasteiger partial charge on any atom is -0.459 e. The molecule has 2 rings (SSSR count). The van der Waals surface area contributed by atoms with Crippen molar-refractivity contribution in [1.29, 1.82) is 0 Å². The first-order valence-electron chi connectivity index (χ1n) is 6.67. The highest BCUT2D eigenvalue weighted by Gasteiger charge is 2.18. The Morgan fingerprint density at radius 2 is 2.13 bits per heavy atom. The van der Waals surface area contributed by atoms with Crippen molar-refractivity contribution in [2.45, 2.75) is 12.8 Å². The molecule has 0 aliphatic rings. The predicted octanol–water partition coefficient (Wildman–Crippen LogP) is 1.96. The van der Waals surface area contributed by atoms with E-state index in [2.05, 4.69) is 4.98 Å². The fraction of sp³-hybridized carbons (Fsp3) is 0.286. The van der Waals surface area contributed by atoms with Crippen molar-refractivity contribution in [3.63, 3.8) is 0 Å². The molecule has 9 heteroatoms. The topological polar surface area (TPSA) is 96.5 Å². The summed E-state index contributed by atoms with van der Waals surface area (Å²) in [7, 11) is 0. The van der Waals surface area contributed by atoms with Gasteiger partial charge in [-0.3, -0.25) is 0 Å². The maximum atomic E-state index is 12.9. The molecule has 23 heavy (non-hydrogen) atoms. The van der Waals surface area contributed by atoms with Crippen molar-refractivity contribution >= 4 is 11.9 Å². The van der Waals surface area contributed by atoms with E-state index in [9.17, 15) is 19.3 Å². The van der Waals surface area contributed by atoms with Crippen LogP contribution in [0.25, 0.3) is 0 Å². The van der Waals surface area contributed by atoms with Crippen LogP contribution in [-0.4, -0.2) is 39.8 Å². The third-order valence-corrected chi connectivity index (χ3v) is 2.89. The Morgan fingerprint density at radius 3 is 2.78 bits per heavy atom. The number of esters is 1. The third-order valence-electron chi connectivity index (χ3n) is 2.89. The second-order valence-corrected chi connectivity index (χ2v) is 4.49. The third kappa shape index (κ3) is 4.58. The van der Waals surface area contributed by atoms with Gasteiger partial charge in [-0.25, -0.2) is 13.8 Å². The van der Waals surface area contributed by atoms with Crippen molar-refractivity contribution < 1.29 is 23.6 Å². The second-order valence-electron chi connectivity index (χ2n) is 4.49. The Bertz CT molecular complexity index is 661. The fourth-order valence-corrected chi connectivity index (χ4v) is 1.72. The van der Waals surface area contributed by atoms with E-state index in [4.69, 9.17) is 9.47 Å². The summed E-state index contributed by atoms with van der Waals surface area (Å²) in [6, 6.07) is 8.25. The molecular weight excluding hydrogens is 309 g/mol. The lowest BCUT2D eigenvalue weighted by Crippen LogP contribution is -2.25. The van der Waals surface area contributed by atoms with E-state index in [0.29, 0.717) is 5.56 Å². The monoisotopic (exact) mass is 323 g/mol. The van der Waals surface area contributed by atoms with Crippen LogP contribution in [0.15, 0.2) is 42.7 Å². The standard InChI is InChI=1S/C14H14FN3O5/c15-8-12(9-22-13(19)11-4-2-1-3-5-11)23-10-17-7-6-16-14(17)18(20)21/h1-7,12H,8-10H2. The molecule has 1 heterocycles. The molecule has 1 unspecified atom stereocenters. The van der Waals surface area contributed by atoms with Gasteiger partial charge in [0.2, 0.25) is 0 Å². The second kappa shape index (κ2) is 7.99. The molecule has 0 bridgehead atoms. The number of carbonyl (C=O) groups is 1. The molecule has 1 atom stereocenters. The Kier molecular flexibility index (Phi) is 5.75. The van der Waals surface area contributed by atoms with E-state index in [0.717, 1.165) is 4.57 Å². The van der Waals surface area contributed by atoms with Gasteiger partial charge in [-0.05, 0) is 17.1 Å². The van der Waals surface area contributed by atoms with Crippen molar-refractivity contribution in [1.82, 2.24) is 9.55 Å². The minimum absolute atomic E-state index is 0.270. The summed E-state index contributed by atoms with van der Waals surface area (Å²) in [6.45, 7) is -1.47. The Morgan fingerprint density at radius 1 is 1.39 bits per heavy atom. The van der Waals surface area contributed by atoms with Gasteiger partial charge in [0.25, 0.3) is 0 Å². The van der Waals surface area contributed by atoms with Crippen molar-refractivity contribution in [3.8, 4) is 0 Å². The average molecular weight is 323 g/mol. The molecule has 8 nitrogen and oxygen atoms in total. The first kappa shape index (κ1) is 16.6. The summed E-state index contributed by atoms with van der Waals surface area (Å²) in [5.74, 6) is -1.01. The van der Waals surface area contributed by atoms with Gasteiger partial charge in [-0.2, -0.15) is 0 Å². The highest BCUT2D eigenvalue weighted by atomic mass is 19.1. The lowest BCUT2D eigenvalue weighted by Gasteiger charge is -2.14. The van der Waals surface area contributed by atoms with Gasteiger partial charge in [0, 0.05) is 0 Å². The number of halogens is 1. The molecule has 0 aliphatic carbocycles. The molecular formula is C14H14FN3O5. The number of nitro groups is 1. The van der Waals surface area contributed by atoms with Gasteiger partial charge in [0.1, 0.15) is 31.8 Å². The number of carbonyl (C=O) groups excluding carboxylic acids is 1. The SMILES string of the molecule is O=C(OCC(CF)OCn1ccnc1[N+](=O)[O-])c1ccccc1. The molecule has 0 saturated carbocycles. The smallest absolute Gasteiger partial charge is 0.436 e. The van der Waals surface area contributed by atoms with E-state index in [1.807, 2.05) is 0 Å². The van der Waals surface area contributed by atoms with Crippen molar-refractivity contribution in [2.75, 3.05) is 13.3 Å². The number of hydrogen-bond donors (Lipinski definition) is 0. The first-order valence-corrected chi connectivity index (χ1v) is 6.67. The van der Waals surface area contributed by atoms with Crippen LogP contribution in [0.4, 0.5) is 10.3 Å². The van der Waals surface area contributed by atoms with Crippen LogP contribution >= 0.6 is 0 Å². The molecule has 0 saturated heterocycles. The van der Waals surface area contributed by atoms with Crippen LogP contribution in [0, 0.1) is 10.1 Å². The summed E-state index contributed by atoms with van der Waals surface area (Å²) < 4.78 is 24.2. The van der Waals surface area contributed by atoms with E-state index in [-0.39, 0.29) is 13.3 Å². The molecule has 0 amide bonds. The largest absolute Gasteiger partial charge is 0.459 e. The molecule has 2 aromatic rings. The van der Waals surface area contributed by atoms with Crippen LogP contribution in [0.2, 0.25) is 0 Å². The average Bonchev–Trinajstić information content (AvgIpc) is 3.04. The Labute approximate surface area is 130 Å². The Balaban J connectivity index is 1.85. The highest BCUT2D eigenvalue weighted by Crippen LogP contribution is 2.09. The minimum atomic E-state index is -1.02. The zero-order valence-corrected chi connectivity index (χ0v) is 12.0. The van der Waals surface area contributed by atoms with Gasteiger partial charge in [-0.1, -0.05) is 23.2 Å². The van der Waals surface area contributed by atoms with Gasteiger partial charge in [0.15, 0.2) is 6.73 Å². The molecule has 0 N–H and O–H groups in total. The van der Waals surface area contributed by atoms with Gasteiger partial charge < -0.3 is 19.6 Å². The fourth-order valence-electron chi connectivity index (χ4n) is 1.72. The Hall–Kier alpha value is -2.81. The molecule has 1 aromatic carbocycles. The van der Waals surface area contributed by atoms with Crippen molar-refractivity contribution in [3.05, 3.63) is 58.4 Å². The quantitative estimate of drug-likeness (QED) is 0.418. The number of imidazole rings is 1. The molecule has 1 aromatic heterocycles. The zero-order chi connectivity index (χ0) is 16.7. The first-order chi connectivity index (χ1) is 11.1. The number of hydrogen-bond acceptors (Lipinski definition) is 6. The van der Waals surface area contributed by atoms with E-state index < -0.39 is 29.6 Å². The number of aromatic nitrogens is 2. The van der Waals surface area contributed by atoms with Gasteiger partial charge in [-0.15, -0.1) is 0 Å². The normalized spacial score (nSPS) is 11.9. The number of ether oxygens (including phenoxy) is 2. The summed E-state index contributed by atoms with van der Waals surface area (Å²) >= 11 is 0. The van der Waals surface area contributed by atoms with Gasteiger partial charge in [0.05, 0.1) is 5.56 Å². The van der Waals surface area contributed by atoms with Crippen LogP contribution in [-0.2, 0) is 16.2 Å². The van der Waals surface area contributed by atoms with Crippen LogP contribution in [0.5, 0.6) is 0 Å². The number of benzene rings is 1. The summed E-state index contributed by atoms with van der Waals surface area (Å²) in [5.41, 5.74) is 0.343. The molecule has 0 spiro atoms. The summed E-state index contributed by atoms with van der Waals surface area (Å²) in [6.07, 6.45) is 1.55. The highest BCUT2D eigenvalue weighted by molar-refractivity contribution is 5.89. The zero-order valence-electron chi connectivity index (χ0n) is 12.0. The van der Waals surface area contributed by atoms with Crippen LogP contribution in [0.3, 0.4) is 0 Å². The summed E-state index contributed by atoms with van der Waals surface area (Å²) in [4.78, 5) is 25.3. The van der Waals surface area contributed by atoms with Gasteiger partial charge >= 0.3 is 11.9 Å². The molecule has 122 valence electrons. The van der Waals surface area contributed by atoms with Crippen LogP contribution in [0.1, 0.15) is 10.4 Å². The number of alkyl halides is 1. The predicted molar refractivity (Wildman–Crippen MR) is 76.5 cm³/mol. The maximum Gasteiger partial charge on any atom is 0.436 e. The lowest BCUT2D eigenvalue weighted by molar-refractivity contribution is -0.397. The number of rotatable bonds is 8. The molecule has 0 radical (unpaired) electrons. The van der Waals surface area contributed by atoms with E-state index in [1.165, 1.54) is 12.4 Å². The summed E-state index contributed by atoms with van der Waals surface area (Å²) in [5, 5.41) is 10.7. The number of nitrogens with zero attached hydrogens (tertiary/aromatic N) is 3. The maximum absolute atomic E-state index is 12.9. The van der Waals surface area contributed by atoms with E-state index >= 15 is 0 Å². The van der Waals surface area contributed by atoms with Crippen molar-refractivity contribution in [2.24, 2.45) is 0 Å². The van der Waals surface area contributed by atoms with Crippen LogP contribution < -0.4 is 0 Å². The molecule has 0 fully saturated rings.